The van der Waals surface area contributed by atoms with Crippen molar-refractivity contribution in [1.82, 2.24) is 5.32 Å². The molecule has 0 aromatic heterocycles. The molecule has 5 nitrogen and oxygen atoms in total. The second-order valence-corrected chi connectivity index (χ2v) is 6.11. The van der Waals surface area contributed by atoms with Gasteiger partial charge >= 0.3 is 6.03 Å². The average Bonchev–Trinajstić information content (AvgIpc) is 2.79. The smallest absolute Gasteiger partial charge is 0.333 e. The third-order valence-corrected chi connectivity index (χ3v) is 4.13. The number of hydrogen-bond acceptors (Lipinski definition) is 3. The van der Waals surface area contributed by atoms with Gasteiger partial charge in [-0.05, 0) is 64.0 Å². The van der Waals surface area contributed by atoms with Gasteiger partial charge in [-0.2, -0.15) is 0 Å². The standard InChI is InChI=1S/C16H10BrClN2O3/c17-12-7-9(1-6-14(12)21)8-13-15(22)20(16(23)19-13)11-4-2-10(18)3-5-11/h1-8,21H,(H,19,23). The van der Waals surface area contributed by atoms with Gasteiger partial charge in [0.05, 0.1) is 10.2 Å². The molecule has 0 atom stereocenters. The maximum absolute atomic E-state index is 12.4. The van der Waals surface area contributed by atoms with Crippen LogP contribution in [0.5, 0.6) is 5.75 Å². The van der Waals surface area contributed by atoms with Crippen molar-refractivity contribution >= 4 is 51.2 Å². The predicted octanol–water partition coefficient (Wildman–Crippen LogP) is 3.91. The topological polar surface area (TPSA) is 69.6 Å². The van der Waals surface area contributed by atoms with Crippen molar-refractivity contribution in [1.29, 1.82) is 0 Å². The number of nitrogens with one attached hydrogen (secondary N) is 1. The number of anilines is 1. The number of phenolic OH excluding ortho intramolecular Hbond substituents is 1. The molecule has 7 heteroatoms. The van der Waals surface area contributed by atoms with Crippen LogP contribution in [0.3, 0.4) is 0 Å². The first-order chi connectivity index (χ1) is 11.0. The largest absolute Gasteiger partial charge is 0.507 e. The van der Waals surface area contributed by atoms with E-state index in [9.17, 15) is 14.7 Å². The zero-order chi connectivity index (χ0) is 16.6. The Morgan fingerprint density at radius 1 is 1.13 bits per heavy atom. The highest BCUT2D eigenvalue weighted by Crippen LogP contribution is 2.27. The summed E-state index contributed by atoms with van der Waals surface area (Å²) in [6.45, 7) is 0. The molecule has 1 heterocycles. The number of hydrogen-bond donors (Lipinski definition) is 2. The normalized spacial score (nSPS) is 16.1. The number of carbonyl (C=O) groups is 2. The number of imide groups is 1. The summed E-state index contributed by atoms with van der Waals surface area (Å²) in [6, 6.07) is 10.7. The molecular formula is C16H10BrClN2O3. The van der Waals surface area contributed by atoms with Crippen LogP contribution in [-0.4, -0.2) is 17.0 Å². The molecule has 23 heavy (non-hydrogen) atoms. The van der Waals surface area contributed by atoms with E-state index in [1.54, 1.807) is 42.5 Å². The van der Waals surface area contributed by atoms with Crippen molar-refractivity contribution in [2.75, 3.05) is 4.90 Å². The lowest BCUT2D eigenvalue weighted by Gasteiger charge is -2.11. The lowest BCUT2D eigenvalue weighted by molar-refractivity contribution is -0.113. The third-order valence-electron chi connectivity index (χ3n) is 3.25. The summed E-state index contributed by atoms with van der Waals surface area (Å²) >= 11 is 9.02. The van der Waals surface area contributed by atoms with Gasteiger partial charge in [-0.1, -0.05) is 17.7 Å². The van der Waals surface area contributed by atoms with Gasteiger partial charge in [0.15, 0.2) is 0 Å². The van der Waals surface area contributed by atoms with Crippen LogP contribution in [0, 0.1) is 0 Å². The van der Waals surface area contributed by atoms with Gasteiger partial charge in [0, 0.05) is 5.02 Å². The Balaban J connectivity index is 1.92. The molecule has 3 amide bonds. The van der Waals surface area contributed by atoms with E-state index in [-0.39, 0.29) is 11.4 Å². The number of benzene rings is 2. The Labute approximate surface area is 145 Å². The summed E-state index contributed by atoms with van der Waals surface area (Å²) in [5, 5.41) is 12.5. The first-order valence-corrected chi connectivity index (χ1v) is 7.74. The highest BCUT2D eigenvalue weighted by Gasteiger charge is 2.34. The molecule has 1 fully saturated rings. The number of amides is 3. The van der Waals surface area contributed by atoms with Gasteiger partial charge in [0.1, 0.15) is 11.4 Å². The number of rotatable bonds is 2. The van der Waals surface area contributed by atoms with Crippen LogP contribution >= 0.6 is 27.5 Å². The number of phenols is 1. The molecule has 0 saturated carbocycles. The van der Waals surface area contributed by atoms with Crippen molar-refractivity contribution in [2.45, 2.75) is 0 Å². The minimum atomic E-state index is -0.526. The number of nitrogens with zero attached hydrogens (tertiary/aromatic N) is 1. The fourth-order valence-electron chi connectivity index (χ4n) is 2.14. The van der Waals surface area contributed by atoms with E-state index in [0.717, 1.165) is 4.90 Å². The zero-order valence-corrected chi connectivity index (χ0v) is 13.9. The molecule has 1 saturated heterocycles. The monoisotopic (exact) mass is 392 g/mol. The molecular weight excluding hydrogens is 384 g/mol. The van der Waals surface area contributed by atoms with Crippen LogP contribution in [-0.2, 0) is 4.79 Å². The minimum absolute atomic E-state index is 0.0942. The SMILES string of the molecule is O=C1NC(=Cc2ccc(O)c(Br)c2)C(=O)N1c1ccc(Cl)cc1. The fourth-order valence-corrected chi connectivity index (χ4v) is 2.66. The third kappa shape index (κ3) is 3.09. The van der Waals surface area contributed by atoms with Gasteiger partial charge in [-0.25, -0.2) is 9.69 Å². The van der Waals surface area contributed by atoms with Gasteiger partial charge < -0.3 is 10.4 Å². The number of carbonyl (C=O) groups excluding carboxylic acids is 2. The summed E-state index contributed by atoms with van der Waals surface area (Å²) in [6.07, 6.45) is 1.54. The number of urea groups is 1. The Morgan fingerprint density at radius 3 is 2.48 bits per heavy atom. The average molecular weight is 394 g/mol. The van der Waals surface area contributed by atoms with Crippen molar-refractivity contribution < 1.29 is 14.7 Å². The molecule has 2 N–H and O–H groups in total. The zero-order valence-electron chi connectivity index (χ0n) is 11.6. The highest BCUT2D eigenvalue weighted by molar-refractivity contribution is 9.10. The fraction of sp³-hybridized carbons (Fsp3) is 0. The van der Waals surface area contributed by atoms with Crippen molar-refractivity contribution in [3.8, 4) is 5.75 Å². The molecule has 0 spiro atoms. The summed E-state index contributed by atoms with van der Waals surface area (Å²) in [7, 11) is 0. The summed E-state index contributed by atoms with van der Waals surface area (Å²) in [4.78, 5) is 25.5. The van der Waals surface area contributed by atoms with Crippen molar-refractivity contribution in [3.05, 3.63) is 63.2 Å². The van der Waals surface area contributed by atoms with Gasteiger partial charge in [0.25, 0.3) is 5.91 Å². The Morgan fingerprint density at radius 2 is 1.83 bits per heavy atom. The van der Waals surface area contributed by atoms with E-state index < -0.39 is 11.9 Å². The lowest BCUT2D eigenvalue weighted by atomic mass is 10.2. The highest BCUT2D eigenvalue weighted by atomic mass is 79.9. The molecule has 2 aromatic carbocycles. The minimum Gasteiger partial charge on any atom is -0.507 e. The molecule has 0 unspecified atom stereocenters. The molecule has 1 aliphatic rings. The summed E-state index contributed by atoms with van der Waals surface area (Å²) in [5.74, 6) is -0.363. The van der Waals surface area contributed by atoms with Crippen molar-refractivity contribution in [3.63, 3.8) is 0 Å². The Hall–Kier alpha value is -2.31. The van der Waals surface area contributed by atoms with E-state index >= 15 is 0 Å². The molecule has 0 bridgehead atoms. The van der Waals surface area contributed by atoms with E-state index in [4.69, 9.17) is 11.6 Å². The van der Waals surface area contributed by atoms with Crippen LogP contribution in [0.4, 0.5) is 10.5 Å². The first-order valence-electron chi connectivity index (χ1n) is 6.57. The van der Waals surface area contributed by atoms with Gasteiger partial charge in [-0.3, -0.25) is 4.79 Å². The first kappa shape index (κ1) is 15.6. The van der Waals surface area contributed by atoms with Crippen LogP contribution < -0.4 is 10.2 Å². The quantitative estimate of drug-likeness (QED) is 0.600. The van der Waals surface area contributed by atoms with Gasteiger partial charge in [0.2, 0.25) is 0 Å². The van der Waals surface area contributed by atoms with E-state index in [1.165, 1.54) is 6.07 Å². The molecule has 0 aliphatic carbocycles. The van der Waals surface area contributed by atoms with Crippen LogP contribution in [0.25, 0.3) is 6.08 Å². The maximum Gasteiger partial charge on any atom is 0.333 e. The predicted molar refractivity (Wildman–Crippen MR) is 91.3 cm³/mol. The molecule has 0 radical (unpaired) electrons. The Kier molecular flexibility index (Phi) is 4.11. The Bertz CT molecular complexity index is 834. The van der Waals surface area contributed by atoms with Crippen molar-refractivity contribution in [2.24, 2.45) is 0 Å². The second-order valence-electron chi connectivity index (χ2n) is 4.82. The van der Waals surface area contributed by atoms with Gasteiger partial charge in [-0.15, -0.1) is 0 Å². The van der Waals surface area contributed by atoms with Crippen LogP contribution in [0.1, 0.15) is 5.56 Å². The summed E-state index contributed by atoms with van der Waals surface area (Å²) in [5.41, 5.74) is 1.26. The van der Waals surface area contributed by atoms with Crippen LogP contribution in [0.2, 0.25) is 5.02 Å². The lowest BCUT2D eigenvalue weighted by Crippen LogP contribution is -2.30. The number of halogens is 2. The van der Waals surface area contributed by atoms with E-state index in [1.807, 2.05) is 0 Å². The molecule has 1 aliphatic heterocycles. The van der Waals surface area contributed by atoms with E-state index in [2.05, 4.69) is 21.2 Å². The molecule has 2 aromatic rings. The van der Waals surface area contributed by atoms with Crippen LogP contribution in [0.15, 0.2) is 52.6 Å². The molecule has 3 rings (SSSR count). The van der Waals surface area contributed by atoms with E-state index in [0.29, 0.717) is 20.7 Å². The maximum atomic E-state index is 12.4. The number of aromatic hydroxyl groups is 1. The molecule has 116 valence electrons. The second kappa shape index (κ2) is 6.06. The summed E-state index contributed by atoms with van der Waals surface area (Å²) < 4.78 is 0.498.